The molecule has 0 amide bonds. The van der Waals surface area contributed by atoms with E-state index in [-0.39, 0.29) is 0 Å². The molecule has 1 unspecified atom stereocenters. The SMILES string of the molecule is CC(C)(C)C12CCCN1[C@H]1C[C@H]1C2. The number of hydrogen-bond donors (Lipinski definition) is 0. The smallest absolute Gasteiger partial charge is 0.0264 e. The summed E-state index contributed by atoms with van der Waals surface area (Å²) in [7, 11) is 0. The van der Waals surface area contributed by atoms with E-state index in [0.717, 1.165) is 12.0 Å². The lowest BCUT2D eigenvalue weighted by Gasteiger charge is -2.46. The molecular weight excluding hydrogens is 158 g/mol. The fraction of sp³-hybridized carbons (Fsp3) is 1.00. The van der Waals surface area contributed by atoms with Crippen molar-refractivity contribution in [2.75, 3.05) is 6.54 Å². The second kappa shape index (κ2) is 2.13. The van der Waals surface area contributed by atoms with Crippen molar-refractivity contribution in [3.8, 4) is 0 Å². The van der Waals surface area contributed by atoms with Gasteiger partial charge in [0.2, 0.25) is 0 Å². The number of hydrogen-bond acceptors (Lipinski definition) is 1. The average Bonchev–Trinajstić information content (AvgIpc) is 2.52. The van der Waals surface area contributed by atoms with Crippen LogP contribution in [0.2, 0.25) is 0 Å². The van der Waals surface area contributed by atoms with Crippen molar-refractivity contribution in [2.24, 2.45) is 11.3 Å². The van der Waals surface area contributed by atoms with E-state index in [9.17, 15) is 0 Å². The third kappa shape index (κ3) is 0.869. The van der Waals surface area contributed by atoms with Crippen LogP contribution in [0.4, 0.5) is 0 Å². The Labute approximate surface area is 81.5 Å². The molecule has 0 bridgehead atoms. The molecule has 0 radical (unpaired) electrons. The molecule has 1 heteroatoms. The molecule has 0 aromatic rings. The van der Waals surface area contributed by atoms with Gasteiger partial charge in [-0.3, -0.25) is 4.90 Å². The van der Waals surface area contributed by atoms with E-state index in [1.807, 2.05) is 0 Å². The second-order valence-electron chi connectivity index (χ2n) is 6.35. The first-order valence-electron chi connectivity index (χ1n) is 5.81. The van der Waals surface area contributed by atoms with Crippen LogP contribution in [-0.4, -0.2) is 23.0 Å². The summed E-state index contributed by atoms with van der Waals surface area (Å²) >= 11 is 0. The highest BCUT2D eigenvalue weighted by atomic mass is 15.3. The van der Waals surface area contributed by atoms with E-state index in [0.29, 0.717) is 11.0 Å². The Balaban J connectivity index is 1.97. The fourth-order valence-electron chi connectivity index (χ4n) is 3.98. The van der Waals surface area contributed by atoms with Gasteiger partial charge in [-0.25, -0.2) is 0 Å². The fourth-order valence-corrected chi connectivity index (χ4v) is 3.98. The van der Waals surface area contributed by atoms with Crippen molar-refractivity contribution in [2.45, 2.75) is 58.0 Å². The maximum absolute atomic E-state index is 2.86. The van der Waals surface area contributed by atoms with Gasteiger partial charge in [0.05, 0.1) is 0 Å². The summed E-state index contributed by atoms with van der Waals surface area (Å²) in [5.41, 5.74) is 1.09. The molecule has 3 atom stereocenters. The Bertz CT molecular complexity index is 240. The van der Waals surface area contributed by atoms with Gasteiger partial charge in [0.15, 0.2) is 0 Å². The predicted octanol–water partition coefficient (Wildman–Crippen LogP) is 2.66. The summed E-state index contributed by atoms with van der Waals surface area (Å²) in [6.07, 6.45) is 5.92. The minimum atomic E-state index is 0.497. The maximum Gasteiger partial charge on any atom is 0.0264 e. The molecule has 13 heavy (non-hydrogen) atoms. The van der Waals surface area contributed by atoms with Crippen molar-refractivity contribution >= 4 is 0 Å². The molecule has 3 aliphatic rings. The van der Waals surface area contributed by atoms with E-state index in [1.165, 1.54) is 32.2 Å². The zero-order chi connectivity index (χ0) is 9.27. The summed E-state index contributed by atoms with van der Waals surface area (Å²) in [6.45, 7) is 8.71. The molecule has 3 rings (SSSR count). The average molecular weight is 179 g/mol. The third-order valence-electron chi connectivity index (χ3n) is 4.82. The van der Waals surface area contributed by atoms with E-state index >= 15 is 0 Å². The molecule has 1 nitrogen and oxygen atoms in total. The predicted molar refractivity (Wildman–Crippen MR) is 54.6 cm³/mol. The van der Waals surface area contributed by atoms with Crippen LogP contribution in [-0.2, 0) is 0 Å². The van der Waals surface area contributed by atoms with Crippen molar-refractivity contribution < 1.29 is 0 Å². The monoisotopic (exact) mass is 179 g/mol. The Morgan fingerprint density at radius 2 is 2.08 bits per heavy atom. The van der Waals surface area contributed by atoms with Gasteiger partial charge < -0.3 is 0 Å². The van der Waals surface area contributed by atoms with Crippen LogP contribution in [0, 0.1) is 11.3 Å². The van der Waals surface area contributed by atoms with Crippen LogP contribution in [0.5, 0.6) is 0 Å². The lowest BCUT2D eigenvalue weighted by atomic mass is 9.70. The van der Waals surface area contributed by atoms with Gasteiger partial charge in [0.1, 0.15) is 0 Å². The normalized spacial score (nSPS) is 49.2. The van der Waals surface area contributed by atoms with Crippen LogP contribution in [0.15, 0.2) is 0 Å². The first-order valence-corrected chi connectivity index (χ1v) is 5.81. The third-order valence-corrected chi connectivity index (χ3v) is 4.82. The highest BCUT2D eigenvalue weighted by Crippen LogP contribution is 2.62. The van der Waals surface area contributed by atoms with Crippen LogP contribution < -0.4 is 0 Å². The molecule has 1 saturated carbocycles. The van der Waals surface area contributed by atoms with Crippen molar-refractivity contribution in [3.05, 3.63) is 0 Å². The van der Waals surface area contributed by atoms with E-state index in [4.69, 9.17) is 0 Å². The Morgan fingerprint density at radius 3 is 2.69 bits per heavy atom. The second-order valence-corrected chi connectivity index (χ2v) is 6.35. The highest BCUT2D eigenvalue weighted by molar-refractivity contribution is 5.18. The van der Waals surface area contributed by atoms with Crippen LogP contribution in [0.3, 0.4) is 0 Å². The Kier molecular flexibility index (Phi) is 1.36. The standard InChI is InChI=1S/C12H21N/c1-11(2,3)12-5-4-6-13(12)10-7-9(10)8-12/h9-10H,4-8H2,1-3H3/t9-,10-,12?/m0/s1. The Morgan fingerprint density at radius 1 is 1.31 bits per heavy atom. The largest absolute Gasteiger partial charge is 0.294 e. The minimum Gasteiger partial charge on any atom is -0.294 e. The van der Waals surface area contributed by atoms with E-state index < -0.39 is 0 Å². The van der Waals surface area contributed by atoms with Gasteiger partial charge >= 0.3 is 0 Å². The van der Waals surface area contributed by atoms with Crippen molar-refractivity contribution in [3.63, 3.8) is 0 Å². The lowest BCUT2D eigenvalue weighted by molar-refractivity contribution is 0.0424. The van der Waals surface area contributed by atoms with E-state index in [1.54, 1.807) is 0 Å². The van der Waals surface area contributed by atoms with Crippen molar-refractivity contribution in [1.29, 1.82) is 0 Å². The number of fused-ring (bicyclic) bond motifs is 3. The maximum atomic E-state index is 2.86. The molecule has 2 heterocycles. The molecule has 1 aliphatic carbocycles. The first-order chi connectivity index (χ1) is 6.05. The van der Waals surface area contributed by atoms with Crippen LogP contribution in [0.25, 0.3) is 0 Å². The van der Waals surface area contributed by atoms with Gasteiger partial charge in [-0.2, -0.15) is 0 Å². The molecule has 0 N–H and O–H groups in total. The van der Waals surface area contributed by atoms with Gasteiger partial charge in [-0.05, 0) is 43.6 Å². The summed E-state index contributed by atoms with van der Waals surface area (Å²) < 4.78 is 0. The molecule has 3 fully saturated rings. The van der Waals surface area contributed by atoms with Gasteiger partial charge in [-0.1, -0.05) is 20.8 Å². The number of nitrogens with zero attached hydrogens (tertiary/aromatic N) is 1. The summed E-state index contributed by atoms with van der Waals surface area (Å²) in [5.74, 6) is 1.08. The summed E-state index contributed by atoms with van der Waals surface area (Å²) in [6, 6.07) is 1.00. The molecule has 2 aliphatic heterocycles. The van der Waals surface area contributed by atoms with Crippen molar-refractivity contribution in [1.82, 2.24) is 4.90 Å². The Hall–Kier alpha value is -0.0400. The molecule has 2 saturated heterocycles. The minimum absolute atomic E-state index is 0.497. The molecule has 0 spiro atoms. The first kappa shape index (κ1) is 8.28. The number of piperidine rings is 1. The highest BCUT2D eigenvalue weighted by Gasteiger charge is 2.64. The van der Waals surface area contributed by atoms with Crippen LogP contribution >= 0.6 is 0 Å². The zero-order valence-corrected chi connectivity index (χ0v) is 9.14. The van der Waals surface area contributed by atoms with Gasteiger partial charge in [0.25, 0.3) is 0 Å². The zero-order valence-electron chi connectivity index (χ0n) is 9.14. The lowest BCUT2D eigenvalue weighted by Crippen LogP contribution is -2.51. The topological polar surface area (TPSA) is 3.24 Å². The molecule has 0 aromatic carbocycles. The quantitative estimate of drug-likeness (QED) is 0.552. The summed E-state index contributed by atoms with van der Waals surface area (Å²) in [5, 5.41) is 0. The molecule has 74 valence electrons. The summed E-state index contributed by atoms with van der Waals surface area (Å²) in [4.78, 5) is 2.86. The van der Waals surface area contributed by atoms with Crippen LogP contribution in [0.1, 0.15) is 46.5 Å². The molecule has 0 aromatic heterocycles. The molecular formula is C12H21N. The van der Waals surface area contributed by atoms with Gasteiger partial charge in [0, 0.05) is 11.6 Å². The van der Waals surface area contributed by atoms with Gasteiger partial charge in [-0.15, -0.1) is 0 Å². The number of rotatable bonds is 0. The van der Waals surface area contributed by atoms with E-state index in [2.05, 4.69) is 25.7 Å².